The minimum absolute atomic E-state index is 0.0748. The molecule has 0 bridgehead atoms. The van der Waals surface area contributed by atoms with Crippen molar-refractivity contribution in [2.45, 2.75) is 31.5 Å². The molecule has 0 unspecified atom stereocenters. The van der Waals surface area contributed by atoms with Gasteiger partial charge in [-0.2, -0.15) is 13.2 Å². The van der Waals surface area contributed by atoms with Crippen LogP contribution in [0.5, 0.6) is 0 Å². The minimum atomic E-state index is -5.08. The summed E-state index contributed by atoms with van der Waals surface area (Å²) in [6.07, 6.45) is 0.381. The van der Waals surface area contributed by atoms with Crippen molar-refractivity contribution >= 4 is 35.5 Å². The average molecular weight is 566 g/mol. The first-order valence-corrected chi connectivity index (χ1v) is 11.5. The molecule has 218 valence electrons. The van der Waals surface area contributed by atoms with E-state index in [1.54, 1.807) is 0 Å². The van der Waals surface area contributed by atoms with E-state index in [4.69, 9.17) is 30.0 Å². The molecule has 2 heterocycles. The summed E-state index contributed by atoms with van der Waals surface area (Å²) in [5.41, 5.74) is 2.02. The zero-order chi connectivity index (χ0) is 29.4. The second-order valence-electron chi connectivity index (χ2n) is 7.79. The van der Waals surface area contributed by atoms with Crippen LogP contribution in [0.25, 0.3) is 0 Å². The molecule has 17 heteroatoms. The first-order valence-electron chi connectivity index (χ1n) is 11.5. The number of hydrogen-bond acceptors (Lipinski definition) is 10. The highest BCUT2D eigenvalue weighted by molar-refractivity contribution is 6.13. The third-order valence-electron chi connectivity index (χ3n) is 4.84. The van der Waals surface area contributed by atoms with Crippen LogP contribution in [0.4, 0.5) is 13.2 Å². The number of nitrogens with two attached hydrogens (primary N) is 1. The number of carboxylic acid groups (broad SMARTS) is 1. The van der Waals surface area contributed by atoms with Crippen molar-refractivity contribution in [2.75, 3.05) is 46.1 Å². The number of imide groups is 2. The van der Waals surface area contributed by atoms with Crippen LogP contribution >= 0.6 is 0 Å². The van der Waals surface area contributed by atoms with Gasteiger partial charge in [-0.3, -0.25) is 39.2 Å². The van der Waals surface area contributed by atoms with Gasteiger partial charge in [0.2, 0.25) is 5.91 Å². The van der Waals surface area contributed by atoms with Gasteiger partial charge in [-0.1, -0.05) is 0 Å². The fraction of sp³-hybridized carbons (Fsp3) is 0.545. The average Bonchev–Trinajstić information content (AvgIpc) is 3.37. The van der Waals surface area contributed by atoms with Crippen LogP contribution in [0.3, 0.4) is 0 Å². The lowest BCUT2D eigenvalue weighted by Crippen LogP contribution is -2.33. The van der Waals surface area contributed by atoms with Crippen molar-refractivity contribution in [2.24, 2.45) is 5.84 Å². The molecule has 2 aliphatic rings. The lowest BCUT2D eigenvalue weighted by atomic mass is 10.3. The van der Waals surface area contributed by atoms with E-state index in [2.05, 4.69) is 0 Å². The van der Waals surface area contributed by atoms with Crippen LogP contribution in [0.1, 0.15) is 19.3 Å². The molecule has 14 nitrogen and oxygen atoms in total. The van der Waals surface area contributed by atoms with Gasteiger partial charge in [-0.05, 0) is 12.8 Å². The fourth-order valence-electron chi connectivity index (χ4n) is 2.92. The lowest BCUT2D eigenvalue weighted by Gasteiger charge is -2.19. The molecule has 0 atom stereocenters. The van der Waals surface area contributed by atoms with E-state index in [1.165, 1.54) is 24.3 Å². The Morgan fingerprint density at radius 1 is 0.846 bits per heavy atom. The van der Waals surface area contributed by atoms with Gasteiger partial charge < -0.3 is 19.3 Å². The molecule has 5 amide bonds. The first kappa shape index (κ1) is 33.4. The van der Waals surface area contributed by atoms with Crippen LogP contribution in [0.2, 0.25) is 0 Å². The molecule has 0 aromatic heterocycles. The quantitative estimate of drug-likeness (QED) is 0.0685. The third kappa shape index (κ3) is 13.1. The van der Waals surface area contributed by atoms with Crippen LogP contribution in [-0.2, 0) is 43.0 Å². The van der Waals surface area contributed by atoms with Crippen molar-refractivity contribution in [1.82, 2.24) is 15.2 Å². The maximum atomic E-state index is 11.5. The molecule has 0 aromatic rings. The number of aliphatic carboxylic acids is 1. The Balaban J connectivity index is 0.000000956. The Labute approximate surface area is 220 Å². The van der Waals surface area contributed by atoms with Gasteiger partial charge >= 0.3 is 12.1 Å². The standard InChI is InChI=1S/C20H28N4O8.C2HF3O2/c21-22-16(25)7-12-32-15(13-30-10-1-8-23-17(26)3-4-18(23)27)14-31-11-2-9-24-19(28)5-6-20(24)29;3-2(4,5)1(6)7/h3-6,15H,1-2,7-14,21H2,(H,22,25);(H,6,7). The summed E-state index contributed by atoms with van der Waals surface area (Å²) in [5.74, 6) is 0.568. The molecule has 0 saturated heterocycles. The largest absolute Gasteiger partial charge is 0.490 e. The number of halogens is 3. The molecule has 4 N–H and O–H groups in total. The van der Waals surface area contributed by atoms with Gasteiger partial charge in [-0.15, -0.1) is 0 Å². The zero-order valence-corrected chi connectivity index (χ0v) is 20.7. The summed E-state index contributed by atoms with van der Waals surface area (Å²) in [6.45, 7) is 1.58. The lowest BCUT2D eigenvalue weighted by molar-refractivity contribution is -0.192. The SMILES string of the molecule is NNC(=O)CCOC(COCCCN1C(=O)C=CC1=O)COCCCN1C(=O)C=CC1=O.O=C(O)C(F)(F)F. The number of amides is 5. The smallest absolute Gasteiger partial charge is 0.475 e. The predicted molar refractivity (Wildman–Crippen MR) is 123 cm³/mol. The molecule has 39 heavy (non-hydrogen) atoms. The molecule has 2 aliphatic heterocycles. The monoisotopic (exact) mass is 566 g/mol. The number of carbonyl (C=O) groups is 6. The maximum Gasteiger partial charge on any atom is 0.490 e. The van der Waals surface area contributed by atoms with E-state index in [9.17, 15) is 37.1 Å². The van der Waals surface area contributed by atoms with Crippen molar-refractivity contribution < 1.29 is 61.3 Å². The summed E-state index contributed by atoms with van der Waals surface area (Å²) >= 11 is 0. The Hall–Kier alpha value is -3.67. The first-order chi connectivity index (χ1) is 18.4. The molecule has 0 radical (unpaired) electrons. The predicted octanol–water partition coefficient (Wildman–Crippen LogP) is -0.952. The summed E-state index contributed by atoms with van der Waals surface area (Å²) in [6, 6.07) is 0. The second-order valence-corrected chi connectivity index (χ2v) is 7.79. The Morgan fingerprint density at radius 3 is 1.56 bits per heavy atom. The Kier molecular flexibility index (Phi) is 14.6. The maximum absolute atomic E-state index is 11.5. The normalized spacial score (nSPS) is 14.9. The van der Waals surface area contributed by atoms with Crippen molar-refractivity contribution in [1.29, 1.82) is 0 Å². The van der Waals surface area contributed by atoms with E-state index in [1.807, 2.05) is 5.43 Å². The third-order valence-corrected chi connectivity index (χ3v) is 4.84. The molecule has 0 aromatic carbocycles. The molecule has 0 spiro atoms. The van der Waals surface area contributed by atoms with Gasteiger partial charge in [0.05, 0.1) is 26.2 Å². The number of carboxylic acids is 1. The number of ether oxygens (including phenoxy) is 3. The zero-order valence-electron chi connectivity index (χ0n) is 20.7. The number of alkyl halides is 3. The van der Waals surface area contributed by atoms with E-state index in [0.717, 1.165) is 9.80 Å². The summed E-state index contributed by atoms with van der Waals surface area (Å²) < 4.78 is 48.5. The summed E-state index contributed by atoms with van der Waals surface area (Å²) in [4.78, 5) is 68.4. The molecule has 0 fully saturated rings. The number of carbonyl (C=O) groups excluding carboxylic acids is 5. The molecule has 0 saturated carbocycles. The van der Waals surface area contributed by atoms with Gasteiger partial charge in [0.15, 0.2) is 0 Å². The molecular formula is C22H29F3N4O10. The fourth-order valence-corrected chi connectivity index (χ4v) is 2.92. The van der Waals surface area contributed by atoms with Crippen LogP contribution < -0.4 is 11.3 Å². The highest BCUT2D eigenvalue weighted by atomic mass is 19.4. The van der Waals surface area contributed by atoms with Crippen LogP contribution in [0.15, 0.2) is 24.3 Å². The molecule has 0 aliphatic carbocycles. The molecule has 2 rings (SSSR count). The van der Waals surface area contributed by atoms with Crippen molar-refractivity contribution in [3.05, 3.63) is 24.3 Å². The number of rotatable bonds is 16. The second kappa shape index (κ2) is 17.0. The number of nitrogens with one attached hydrogen (secondary N) is 1. The highest BCUT2D eigenvalue weighted by Crippen LogP contribution is 2.13. The van der Waals surface area contributed by atoms with E-state index >= 15 is 0 Å². The molecular weight excluding hydrogens is 537 g/mol. The Bertz CT molecular complexity index is 867. The topological polar surface area (TPSA) is 195 Å². The van der Waals surface area contributed by atoms with E-state index in [0.29, 0.717) is 26.1 Å². The van der Waals surface area contributed by atoms with Gasteiger partial charge in [0.1, 0.15) is 6.10 Å². The van der Waals surface area contributed by atoms with Crippen LogP contribution in [0, 0.1) is 0 Å². The summed E-state index contributed by atoms with van der Waals surface area (Å²) in [7, 11) is 0. The van der Waals surface area contributed by atoms with Crippen LogP contribution in [-0.4, -0.2) is 109 Å². The Morgan fingerprint density at radius 2 is 1.23 bits per heavy atom. The summed E-state index contributed by atoms with van der Waals surface area (Å²) in [5, 5.41) is 7.12. The van der Waals surface area contributed by atoms with Gasteiger partial charge in [0, 0.05) is 50.6 Å². The van der Waals surface area contributed by atoms with E-state index in [-0.39, 0.29) is 68.9 Å². The highest BCUT2D eigenvalue weighted by Gasteiger charge is 2.38. The van der Waals surface area contributed by atoms with Gasteiger partial charge in [-0.25, -0.2) is 10.6 Å². The van der Waals surface area contributed by atoms with E-state index < -0.39 is 18.2 Å². The number of hydrogen-bond donors (Lipinski definition) is 3. The number of hydrazine groups is 1. The minimum Gasteiger partial charge on any atom is -0.475 e. The van der Waals surface area contributed by atoms with Gasteiger partial charge in [0.25, 0.3) is 23.6 Å². The van der Waals surface area contributed by atoms with Crippen molar-refractivity contribution in [3.8, 4) is 0 Å². The number of nitrogens with zero attached hydrogens (tertiary/aromatic N) is 2. The van der Waals surface area contributed by atoms with Crippen molar-refractivity contribution in [3.63, 3.8) is 0 Å².